The monoisotopic (exact) mass is 240 g/mol. The Kier molecular flexibility index (Phi) is 3.41. The molecule has 1 aliphatic heterocycles. The largest absolute Gasteiger partial charge is 0.508 e. The van der Waals surface area contributed by atoms with Crippen LogP contribution in [0.1, 0.15) is 0 Å². The van der Waals surface area contributed by atoms with Crippen LogP contribution in [0.4, 0.5) is 18.0 Å². The van der Waals surface area contributed by atoms with Gasteiger partial charge in [-0.25, -0.2) is 9.59 Å². The Morgan fingerprint density at radius 2 is 2.19 bits per heavy atom. The van der Waals surface area contributed by atoms with Crippen molar-refractivity contribution in [2.75, 3.05) is 13.2 Å². The van der Waals surface area contributed by atoms with Crippen LogP contribution in [0.15, 0.2) is 12.2 Å². The molecule has 0 aromatic carbocycles. The van der Waals surface area contributed by atoms with Gasteiger partial charge in [-0.1, -0.05) is 6.58 Å². The van der Waals surface area contributed by atoms with Crippen LogP contribution in [0.5, 0.6) is 0 Å². The first-order chi connectivity index (χ1) is 7.30. The second-order valence-electron chi connectivity index (χ2n) is 2.88. The molecule has 1 rings (SSSR count). The third-order valence-corrected chi connectivity index (χ3v) is 1.64. The highest BCUT2D eigenvalue weighted by Gasteiger charge is 2.38. The Labute approximate surface area is 87.8 Å². The molecule has 1 atom stereocenters. The summed E-state index contributed by atoms with van der Waals surface area (Å²) < 4.78 is 48.9. The molecule has 5 nitrogen and oxygen atoms in total. The van der Waals surface area contributed by atoms with Gasteiger partial charge in [-0.3, -0.25) is 0 Å². The van der Waals surface area contributed by atoms with Crippen molar-refractivity contribution in [2.24, 2.45) is 0 Å². The first kappa shape index (κ1) is 12.3. The minimum absolute atomic E-state index is 0.162. The fraction of sp³-hybridized carbons (Fsp3) is 0.500. The second-order valence-corrected chi connectivity index (χ2v) is 2.88. The highest BCUT2D eigenvalue weighted by atomic mass is 19.4. The van der Waals surface area contributed by atoms with Gasteiger partial charge >= 0.3 is 18.3 Å². The molecule has 0 bridgehead atoms. The molecule has 0 spiro atoms. The molecule has 0 N–H and O–H groups in total. The number of cyclic esters (lactones) is 2. The summed E-state index contributed by atoms with van der Waals surface area (Å²) >= 11 is 0. The average molecular weight is 240 g/mol. The summed E-state index contributed by atoms with van der Waals surface area (Å²) in [4.78, 5) is 21.2. The number of hydrogen-bond acceptors (Lipinski definition) is 5. The van der Waals surface area contributed by atoms with Crippen LogP contribution in [-0.2, 0) is 19.0 Å². The summed E-state index contributed by atoms with van der Waals surface area (Å²) in [5.74, 6) is -1.60. The normalized spacial score (nSPS) is 19.9. The Morgan fingerprint density at radius 1 is 1.56 bits per heavy atom. The van der Waals surface area contributed by atoms with Crippen molar-refractivity contribution in [3.8, 4) is 0 Å². The predicted octanol–water partition coefficient (Wildman–Crippen LogP) is 1.18. The zero-order valence-electron chi connectivity index (χ0n) is 7.87. The van der Waals surface area contributed by atoms with E-state index in [0.717, 1.165) is 0 Å². The van der Waals surface area contributed by atoms with Gasteiger partial charge in [0, 0.05) is 0 Å². The summed E-state index contributed by atoms with van der Waals surface area (Å²) in [6.07, 6.45) is -6.66. The van der Waals surface area contributed by atoms with Crippen molar-refractivity contribution in [2.45, 2.75) is 12.3 Å². The highest BCUT2D eigenvalue weighted by molar-refractivity contribution is 5.89. The number of carbonyl (C=O) groups is 2. The van der Waals surface area contributed by atoms with E-state index < -0.39 is 36.6 Å². The lowest BCUT2D eigenvalue weighted by Crippen LogP contribution is -2.26. The molecule has 8 heteroatoms. The van der Waals surface area contributed by atoms with Crippen LogP contribution in [0.3, 0.4) is 0 Å². The number of carbonyl (C=O) groups excluding carboxylic acids is 2. The molecule has 1 aliphatic rings. The summed E-state index contributed by atoms with van der Waals surface area (Å²) in [6.45, 7) is 1.89. The summed E-state index contributed by atoms with van der Waals surface area (Å²) in [5, 5.41) is 0. The van der Waals surface area contributed by atoms with Crippen LogP contribution in [0, 0.1) is 0 Å². The molecule has 1 saturated heterocycles. The second kappa shape index (κ2) is 4.42. The molecule has 0 radical (unpaired) electrons. The van der Waals surface area contributed by atoms with Crippen LogP contribution >= 0.6 is 0 Å². The van der Waals surface area contributed by atoms with E-state index >= 15 is 0 Å². The van der Waals surface area contributed by atoms with Gasteiger partial charge in [0.25, 0.3) is 0 Å². The van der Waals surface area contributed by atoms with Crippen LogP contribution in [0.2, 0.25) is 0 Å². The van der Waals surface area contributed by atoms with Gasteiger partial charge < -0.3 is 14.2 Å². The number of alkyl halides is 3. The summed E-state index contributed by atoms with van der Waals surface area (Å²) in [5.41, 5.74) is -1.61. The molecule has 1 heterocycles. The molecule has 90 valence electrons. The fourth-order valence-electron chi connectivity index (χ4n) is 0.819. The van der Waals surface area contributed by atoms with E-state index in [-0.39, 0.29) is 6.61 Å². The number of rotatable bonds is 3. The number of halogens is 3. The molecule has 0 aliphatic carbocycles. The van der Waals surface area contributed by atoms with Crippen molar-refractivity contribution in [3.05, 3.63) is 12.2 Å². The maximum atomic E-state index is 12.0. The Morgan fingerprint density at radius 3 is 2.62 bits per heavy atom. The van der Waals surface area contributed by atoms with Gasteiger partial charge in [-0.15, -0.1) is 0 Å². The van der Waals surface area contributed by atoms with Crippen molar-refractivity contribution >= 4 is 12.1 Å². The minimum Gasteiger partial charge on any atom is -0.458 e. The zero-order chi connectivity index (χ0) is 12.3. The van der Waals surface area contributed by atoms with Crippen molar-refractivity contribution in [1.29, 1.82) is 0 Å². The zero-order valence-corrected chi connectivity index (χ0v) is 7.87. The molecule has 0 saturated carbocycles. The third kappa shape index (κ3) is 3.14. The lowest BCUT2D eigenvalue weighted by Gasteiger charge is -2.11. The van der Waals surface area contributed by atoms with Gasteiger partial charge in [-0.2, -0.15) is 13.2 Å². The first-order valence-corrected chi connectivity index (χ1v) is 4.07. The molecule has 16 heavy (non-hydrogen) atoms. The SMILES string of the molecule is C=C(C(=O)OCC1COC(=O)O1)C(F)(F)F. The van der Waals surface area contributed by atoms with E-state index in [2.05, 4.69) is 20.8 Å². The molecule has 1 fully saturated rings. The van der Waals surface area contributed by atoms with Gasteiger partial charge in [0.2, 0.25) is 0 Å². The molecular formula is C8H7F3O5. The quantitative estimate of drug-likeness (QED) is 0.547. The fourth-order valence-corrected chi connectivity index (χ4v) is 0.819. The molecule has 0 aromatic heterocycles. The standard InChI is InChI=1S/C8H7F3O5/c1-4(8(9,10)11)6(12)14-2-5-3-15-7(13)16-5/h5H,1-3H2. The van der Waals surface area contributed by atoms with E-state index in [9.17, 15) is 22.8 Å². The maximum Gasteiger partial charge on any atom is 0.508 e. The number of hydrogen-bond donors (Lipinski definition) is 0. The highest BCUT2D eigenvalue weighted by Crippen LogP contribution is 2.24. The van der Waals surface area contributed by atoms with Crippen molar-refractivity contribution < 1.29 is 37.0 Å². The first-order valence-electron chi connectivity index (χ1n) is 4.07. The molecule has 0 aromatic rings. The van der Waals surface area contributed by atoms with Crippen LogP contribution < -0.4 is 0 Å². The van der Waals surface area contributed by atoms with Gasteiger partial charge in [0.15, 0.2) is 6.10 Å². The lowest BCUT2D eigenvalue weighted by molar-refractivity contribution is -0.152. The van der Waals surface area contributed by atoms with E-state index in [4.69, 9.17) is 0 Å². The van der Waals surface area contributed by atoms with E-state index in [1.165, 1.54) is 0 Å². The Hall–Kier alpha value is -1.73. The topological polar surface area (TPSA) is 61.8 Å². The van der Waals surface area contributed by atoms with Crippen molar-refractivity contribution in [3.63, 3.8) is 0 Å². The molecule has 0 amide bonds. The Balaban J connectivity index is 2.36. The minimum atomic E-state index is -4.83. The smallest absolute Gasteiger partial charge is 0.458 e. The van der Waals surface area contributed by atoms with Gasteiger partial charge in [0.1, 0.15) is 18.8 Å². The number of ether oxygens (including phenoxy) is 3. The van der Waals surface area contributed by atoms with Crippen molar-refractivity contribution in [1.82, 2.24) is 0 Å². The van der Waals surface area contributed by atoms with E-state index in [0.29, 0.717) is 0 Å². The lowest BCUT2D eigenvalue weighted by atomic mass is 10.3. The maximum absolute atomic E-state index is 12.0. The van der Waals surface area contributed by atoms with Gasteiger partial charge in [-0.05, 0) is 0 Å². The van der Waals surface area contributed by atoms with Crippen LogP contribution in [-0.4, -0.2) is 37.6 Å². The molecule has 1 unspecified atom stereocenters. The average Bonchev–Trinajstić information content (AvgIpc) is 2.58. The van der Waals surface area contributed by atoms with Crippen LogP contribution in [0.25, 0.3) is 0 Å². The predicted molar refractivity (Wildman–Crippen MR) is 42.4 cm³/mol. The summed E-state index contributed by atoms with van der Waals surface area (Å²) in [6, 6.07) is 0. The summed E-state index contributed by atoms with van der Waals surface area (Å²) in [7, 11) is 0. The number of esters is 1. The molecular weight excluding hydrogens is 233 g/mol. The van der Waals surface area contributed by atoms with Gasteiger partial charge in [0.05, 0.1) is 0 Å². The van der Waals surface area contributed by atoms with E-state index in [1.54, 1.807) is 0 Å². The Bertz CT molecular complexity index is 322. The third-order valence-electron chi connectivity index (χ3n) is 1.64. The van der Waals surface area contributed by atoms with E-state index in [1.807, 2.05) is 0 Å².